The average Bonchev–Trinajstić information content (AvgIpc) is 2.99. The van der Waals surface area contributed by atoms with Crippen LogP contribution < -0.4 is 9.64 Å². The van der Waals surface area contributed by atoms with Gasteiger partial charge in [0.05, 0.1) is 38.4 Å². The van der Waals surface area contributed by atoms with Crippen molar-refractivity contribution in [3.8, 4) is 5.75 Å². The first-order chi connectivity index (χ1) is 14.8. The standard InChI is InChI=1S/C24H29N3O4/c1-16(2)31-19-8-6-18(7-9-19)22(28)20-21(17-10-12-25-13-11-17)27(24(30)23(20)29)15-5-14-26(3)4/h6-13,16,21,28H,5,14-15H2,1-4H3/p+1. The molecule has 1 saturated heterocycles. The van der Waals surface area contributed by atoms with Crippen LogP contribution in [0, 0.1) is 0 Å². The quantitative estimate of drug-likeness (QED) is 0.384. The highest BCUT2D eigenvalue weighted by molar-refractivity contribution is 6.46. The summed E-state index contributed by atoms with van der Waals surface area (Å²) in [5, 5.41) is 11.1. The van der Waals surface area contributed by atoms with Gasteiger partial charge in [0.15, 0.2) is 0 Å². The van der Waals surface area contributed by atoms with Crippen LogP contribution in [0.4, 0.5) is 0 Å². The molecule has 1 aromatic heterocycles. The predicted octanol–water partition coefficient (Wildman–Crippen LogP) is 1.83. The maximum atomic E-state index is 13.0. The monoisotopic (exact) mass is 424 g/mol. The average molecular weight is 425 g/mol. The number of pyridine rings is 1. The zero-order chi connectivity index (χ0) is 22.5. The van der Waals surface area contributed by atoms with Crippen LogP contribution in [0.25, 0.3) is 5.76 Å². The van der Waals surface area contributed by atoms with Crippen LogP contribution in [-0.2, 0) is 9.59 Å². The van der Waals surface area contributed by atoms with Crippen molar-refractivity contribution >= 4 is 17.4 Å². The molecule has 2 aromatic rings. The van der Waals surface area contributed by atoms with Gasteiger partial charge in [-0.3, -0.25) is 14.6 Å². The molecule has 2 N–H and O–H groups in total. The highest BCUT2D eigenvalue weighted by Crippen LogP contribution is 2.39. The van der Waals surface area contributed by atoms with E-state index in [0.717, 1.165) is 18.5 Å². The van der Waals surface area contributed by atoms with E-state index in [-0.39, 0.29) is 17.4 Å². The fraction of sp³-hybridized carbons (Fsp3) is 0.375. The zero-order valence-corrected chi connectivity index (χ0v) is 18.5. The predicted molar refractivity (Wildman–Crippen MR) is 118 cm³/mol. The first kappa shape index (κ1) is 22.5. The van der Waals surface area contributed by atoms with Gasteiger partial charge >= 0.3 is 0 Å². The molecule has 1 aromatic carbocycles. The van der Waals surface area contributed by atoms with Gasteiger partial charge in [0.25, 0.3) is 11.7 Å². The molecule has 1 fully saturated rings. The van der Waals surface area contributed by atoms with E-state index in [9.17, 15) is 14.7 Å². The van der Waals surface area contributed by atoms with Gasteiger partial charge < -0.3 is 19.6 Å². The van der Waals surface area contributed by atoms with Crippen LogP contribution in [0.2, 0.25) is 0 Å². The van der Waals surface area contributed by atoms with Gasteiger partial charge in [-0.05, 0) is 55.8 Å². The van der Waals surface area contributed by atoms with Gasteiger partial charge in [0, 0.05) is 30.9 Å². The maximum absolute atomic E-state index is 13.0. The molecule has 1 amide bonds. The highest BCUT2D eigenvalue weighted by Gasteiger charge is 2.45. The molecule has 0 saturated carbocycles. The van der Waals surface area contributed by atoms with Crippen molar-refractivity contribution in [3.63, 3.8) is 0 Å². The van der Waals surface area contributed by atoms with Crippen LogP contribution in [-0.4, -0.2) is 60.0 Å². The largest absolute Gasteiger partial charge is 0.507 e. The Morgan fingerprint density at radius 1 is 1.13 bits per heavy atom. The number of hydrogen-bond donors (Lipinski definition) is 2. The summed E-state index contributed by atoms with van der Waals surface area (Å²) in [6.45, 7) is 5.16. The van der Waals surface area contributed by atoms with Crippen LogP contribution in [0.3, 0.4) is 0 Å². The molecule has 3 rings (SSSR count). The van der Waals surface area contributed by atoms with Crippen LogP contribution in [0.1, 0.15) is 37.4 Å². The molecule has 1 aliphatic heterocycles. The number of amides is 1. The van der Waals surface area contributed by atoms with Gasteiger partial charge in [-0.25, -0.2) is 0 Å². The van der Waals surface area contributed by atoms with Gasteiger partial charge in [0.1, 0.15) is 11.5 Å². The number of nitrogens with one attached hydrogen (secondary N) is 1. The van der Waals surface area contributed by atoms with E-state index in [2.05, 4.69) is 4.98 Å². The van der Waals surface area contributed by atoms with E-state index in [1.165, 1.54) is 4.90 Å². The van der Waals surface area contributed by atoms with Crippen LogP contribution >= 0.6 is 0 Å². The minimum atomic E-state index is -0.668. The smallest absolute Gasteiger partial charge is 0.295 e. The number of benzene rings is 1. The third-order valence-electron chi connectivity index (χ3n) is 5.14. The molecular weight excluding hydrogens is 394 g/mol. The lowest BCUT2D eigenvalue weighted by Gasteiger charge is -2.25. The topological polar surface area (TPSA) is 84.2 Å². The van der Waals surface area contributed by atoms with E-state index >= 15 is 0 Å². The van der Waals surface area contributed by atoms with E-state index < -0.39 is 17.7 Å². The second-order valence-electron chi connectivity index (χ2n) is 8.27. The normalized spacial score (nSPS) is 18.3. The summed E-state index contributed by atoms with van der Waals surface area (Å²) in [6.07, 6.45) is 4.02. The number of nitrogens with zero attached hydrogens (tertiary/aromatic N) is 2. The zero-order valence-electron chi connectivity index (χ0n) is 18.5. The maximum Gasteiger partial charge on any atom is 0.295 e. The number of aliphatic hydroxyl groups is 1. The van der Waals surface area contributed by atoms with Gasteiger partial charge in [-0.1, -0.05) is 0 Å². The van der Waals surface area contributed by atoms with Crippen molar-refractivity contribution in [2.75, 3.05) is 27.2 Å². The third-order valence-corrected chi connectivity index (χ3v) is 5.14. The molecule has 31 heavy (non-hydrogen) atoms. The second kappa shape index (κ2) is 9.75. The Bertz CT molecular complexity index is 953. The fourth-order valence-electron chi connectivity index (χ4n) is 3.72. The molecule has 0 bridgehead atoms. The van der Waals surface area contributed by atoms with Crippen molar-refractivity contribution < 1.29 is 24.3 Å². The molecule has 1 unspecified atom stereocenters. The number of ether oxygens (including phenoxy) is 1. The molecule has 0 aliphatic carbocycles. The van der Waals surface area contributed by atoms with Gasteiger partial charge in [-0.15, -0.1) is 0 Å². The summed E-state index contributed by atoms with van der Waals surface area (Å²) in [7, 11) is 4.09. The minimum absolute atomic E-state index is 0.0282. The number of hydrogen-bond acceptors (Lipinski definition) is 5. The third kappa shape index (κ3) is 5.11. The van der Waals surface area contributed by atoms with E-state index in [0.29, 0.717) is 17.9 Å². The first-order valence-electron chi connectivity index (χ1n) is 10.5. The van der Waals surface area contributed by atoms with Gasteiger partial charge in [0.2, 0.25) is 0 Å². The Morgan fingerprint density at radius 3 is 2.35 bits per heavy atom. The lowest BCUT2D eigenvalue weighted by atomic mass is 9.96. The van der Waals surface area contributed by atoms with Crippen molar-refractivity contribution in [2.45, 2.75) is 32.4 Å². The lowest BCUT2D eigenvalue weighted by molar-refractivity contribution is -0.858. The van der Waals surface area contributed by atoms with Crippen molar-refractivity contribution in [1.29, 1.82) is 0 Å². The van der Waals surface area contributed by atoms with E-state index in [4.69, 9.17) is 4.74 Å². The Kier molecular flexibility index (Phi) is 7.07. The number of rotatable bonds is 8. The number of likely N-dealkylation sites (tertiary alicyclic amines) is 1. The molecule has 1 atom stereocenters. The number of ketones is 1. The Labute approximate surface area is 183 Å². The highest BCUT2D eigenvalue weighted by atomic mass is 16.5. The minimum Gasteiger partial charge on any atom is -0.507 e. The summed E-state index contributed by atoms with van der Waals surface area (Å²) >= 11 is 0. The second-order valence-corrected chi connectivity index (χ2v) is 8.27. The SMILES string of the molecule is CC(C)Oc1ccc(C(O)=C2C(=O)C(=O)N(CCC[NH+](C)C)C2c2ccncc2)cc1. The summed E-state index contributed by atoms with van der Waals surface area (Å²) in [5.74, 6) is -0.767. The molecule has 2 heterocycles. The summed E-state index contributed by atoms with van der Waals surface area (Å²) in [4.78, 5) is 32.7. The number of aromatic nitrogens is 1. The number of carbonyl (C=O) groups is 2. The van der Waals surface area contributed by atoms with Crippen LogP contribution in [0.15, 0.2) is 54.4 Å². The molecule has 1 aliphatic rings. The fourth-order valence-corrected chi connectivity index (χ4v) is 3.72. The summed E-state index contributed by atoms with van der Waals surface area (Å²) in [6, 6.07) is 9.77. The summed E-state index contributed by atoms with van der Waals surface area (Å²) in [5.41, 5.74) is 1.31. The lowest BCUT2D eigenvalue weighted by Crippen LogP contribution is -3.05. The number of aliphatic hydroxyl groups excluding tert-OH is 1. The van der Waals surface area contributed by atoms with Crippen molar-refractivity contribution in [2.24, 2.45) is 0 Å². The van der Waals surface area contributed by atoms with E-state index in [1.807, 2.05) is 27.9 Å². The number of carbonyl (C=O) groups excluding carboxylic acids is 2. The van der Waals surface area contributed by atoms with E-state index in [1.54, 1.807) is 53.7 Å². The van der Waals surface area contributed by atoms with Crippen LogP contribution in [0.5, 0.6) is 5.75 Å². The first-order valence-corrected chi connectivity index (χ1v) is 10.5. The summed E-state index contributed by atoms with van der Waals surface area (Å²) < 4.78 is 5.65. The Hall–Kier alpha value is -3.19. The Balaban J connectivity index is 2.01. The molecule has 0 spiro atoms. The number of quaternary nitrogens is 1. The molecule has 164 valence electrons. The molecule has 7 heteroatoms. The molecular formula is C24H30N3O4+. The van der Waals surface area contributed by atoms with Crippen molar-refractivity contribution in [1.82, 2.24) is 9.88 Å². The van der Waals surface area contributed by atoms with Crippen molar-refractivity contribution in [3.05, 3.63) is 65.5 Å². The van der Waals surface area contributed by atoms with Gasteiger partial charge in [-0.2, -0.15) is 0 Å². The number of Topliss-reactive ketones (excluding diaryl/α,β-unsaturated/α-hetero) is 1. The molecule has 0 radical (unpaired) electrons. The molecule has 7 nitrogen and oxygen atoms in total. The Morgan fingerprint density at radius 2 is 1.77 bits per heavy atom.